The van der Waals surface area contributed by atoms with Crippen molar-refractivity contribution in [2.75, 3.05) is 0 Å². The molecule has 3 rings (SSSR count). The molecule has 1 aliphatic rings. The molecule has 2 aromatic carbocycles. The van der Waals surface area contributed by atoms with E-state index in [2.05, 4.69) is 78.8 Å². The highest BCUT2D eigenvalue weighted by atomic mass is 16.5. The predicted molar refractivity (Wildman–Crippen MR) is 159 cm³/mol. The first-order chi connectivity index (χ1) is 17.7. The van der Waals surface area contributed by atoms with E-state index in [0.29, 0.717) is 6.61 Å². The van der Waals surface area contributed by atoms with Crippen LogP contribution in [0.5, 0.6) is 11.5 Å². The molecule has 0 spiro atoms. The maximum atomic E-state index is 6.69. The Morgan fingerprint density at radius 3 is 2.14 bits per heavy atom. The van der Waals surface area contributed by atoms with E-state index < -0.39 is 0 Å². The Balaban J connectivity index is 1.43. The molecule has 37 heavy (non-hydrogen) atoms. The van der Waals surface area contributed by atoms with Crippen LogP contribution in [0, 0.1) is 31.6 Å². The molecule has 0 fully saturated rings. The number of benzene rings is 2. The minimum atomic E-state index is -0.0526. The maximum absolute atomic E-state index is 6.69. The van der Waals surface area contributed by atoms with Crippen LogP contribution in [-0.2, 0) is 13.0 Å². The van der Waals surface area contributed by atoms with E-state index in [4.69, 9.17) is 9.47 Å². The van der Waals surface area contributed by atoms with Crippen LogP contribution < -0.4 is 9.47 Å². The summed E-state index contributed by atoms with van der Waals surface area (Å²) in [7, 11) is 0. The first kappa shape index (κ1) is 29.6. The Kier molecular flexibility index (Phi) is 11.4. The van der Waals surface area contributed by atoms with Gasteiger partial charge in [-0.25, -0.2) is 0 Å². The molecule has 2 nitrogen and oxygen atoms in total. The van der Waals surface area contributed by atoms with E-state index in [1.807, 2.05) is 6.07 Å². The zero-order valence-electron chi connectivity index (χ0n) is 25.0. The summed E-state index contributed by atoms with van der Waals surface area (Å²) >= 11 is 0. The van der Waals surface area contributed by atoms with Crippen LogP contribution in [0.25, 0.3) is 0 Å². The fourth-order valence-electron chi connectivity index (χ4n) is 6.00. The van der Waals surface area contributed by atoms with Crippen LogP contribution in [0.4, 0.5) is 0 Å². The van der Waals surface area contributed by atoms with Gasteiger partial charge < -0.3 is 9.47 Å². The molecular formula is C35H54O2. The molecule has 2 heteroatoms. The van der Waals surface area contributed by atoms with Gasteiger partial charge in [-0.3, -0.25) is 0 Å². The van der Waals surface area contributed by atoms with Crippen molar-refractivity contribution in [2.24, 2.45) is 17.8 Å². The van der Waals surface area contributed by atoms with E-state index in [-0.39, 0.29) is 5.60 Å². The molecule has 1 heterocycles. The Morgan fingerprint density at radius 1 is 0.865 bits per heavy atom. The second-order valence-corrected chi connectivity index (χ2v) is 12.8. The summed E-state index contributed by atoms with van der Waals surface area (Å²) in [4.78, 5) is 0. The van der Waals surface area contributed by atoms with Crippen molar-refractivity contribution in [3.63, 3.8) is 0 Å². The third-order valence-corrected chi connectivity index (χ3v) is 8.56. The lowest BCUT2D eigenvalue weighted by atomic mass is 9.85. The lowest BCUT2D eigenvalue weighted by Crippen LogP contribution is -2.36. The van der Waals surface area contributed by atoms with Crippen molar-refractivity contribution in [1.29, 1.82) is 0 Å². The molecule has 0 aromatic heterocycles. The van der Waals surface area contributed by atoms with Gasteiger partial charge in [0.2, 0.25) is 0 Å². The van der Waals surface area contributed by atoms with Gasteiger partial charge in [0, 0.05) is 5.56 Å². The Labute approximate surface area is 228 Å². The zero-order chi connectivity index (χ0) is 26.8. The molecule has 0 aliphatic carbocycles. The van der Waals surface area contributed by atoms with Gasteiger partial charge in [0.1, 0.15) is 23.7 Å². The molecule has 3 unspecified atom stereocenters. The molecule has 206 valence electrons. The lowest BCUT2D eigenvalue weighted by molar-refractivity contribution is 0.0520. The van der Waals surface area contributed by atoms with Gasteiger partial charge in [0.05, 0.1) is 0 Å². The van der Waals surface area contributed by atoms with Crippen molar-refractivity contribution < 1.29 is 9.47 Å². The van der Waals surface area contributed by atoms with Gasteiger partial charge in [0.25, 0.3) is 0 Å². The molecule has 0 saturated heterocycles. The summed E-state index contributed by atoms with van der Waals surface area (Å²) in [5, 5.41) is 0. The van der Waals surface area contributed by atoms with Crippen LogP contribution in [0.15, 0.2) is 36.4 Å². The van der Waals surface area contributed by atoms with Crippen molar-refractivity contribution in [3.05, 3.63) is 58.7 Å². The standard InChI is InChI=1S/C35H54O2/c1-26(2)14-11-15-27(3)16-12-17-28(4)18-13-22-35(7)23-21-32-30(6)34(29(5)24-33(32)37-35)36-25-31-19-9-8-10-20-31/h8-10,19-20,24,26-28H,11-18,21-23,25H2,1-7H3. The monoisotopic (exact) mass is 506 g/mol. The molecule has 0 radical (unpaired) electrons. The van der Waals surface area contributed by atoms with Crippen LogP contribution in [0.1, 0.15) is 121 Å². The minimum Gasteiger partial charge on any atom is -0.488 e. The maximum Gasteiger partial charge on any atom is 0.126 e. The molecule has 3 atom stereocenters. The smallest absolute Gasteiger partial charge is 0.126 e. The quantitative estimate of drug-likeness (QED) is 0.239. The summed E-state index contributed by atoms with van der Waals surface area (Å²) < 4.78 is 13.0. The Hall–Kier alpha value is -1.96. The summed E-state index contributed by atoms with van der Waals surface area (Å²) in [6.07, 6.45) is 14.2. The van der Waals surface area contributed by atoms with E-state index in [1.54, 1.807) is 0 Å². The third kappa shape index (κ3) is 9.38. The largest absolute Gasteiger partial charge is 0.488 e. The van der Waals surface area contributed by atoms with Gasteiger partial charge >= 0.3 is 0 Å². The van der Waals surface area contributed by atoms with Gasteiger partial charge in [-0.2, -0.15) is 0 Å². The van der Waals surface area contributed by atoms with E-state index >= 15 is 0 Å². The van der Waals surface area contributed by atoms with Gasteiger partial charge in [-0.1, -0.05) is 103 Å². The Bertz CT molecular complexity index is 947. The van der Waals surface area contributed by atoms with Crippen LogP contribution in [0.2, 0.25) is 0 Å². The fraction of sp³-hybridized carbons (Fsp3) is 0.657. The molecule has 0 saturated carbocycles. The number of hydrogen-bond acceptors (Lipinski definition) is 2. The van der Waals surface area contributed by atoms with Crippen molar-refractivity contribution in [2.45, 2.75) is 131 Å². The van der Waals surface area contributed by atoms with Crippen LogP contribution in [-0.4, -0.2) is 5.60 Å². The first-order valence-corrected chi connectivity index (χ1v) is 15.2. The summed E-state index contributed by atoms with van der Waals surface area (Å²) in [5.41, 5.74) is 4.90. The third-order valence-electron chi connectivity index (χ3n) is 8.56. The molecular weight excluding hydrogens is 452 g/mol. The van der Waals surface area contributed by atoms with Crippen LogP contribution >= 0.6 is 0 Å². The average Bonchev–Trinajstić information content (AvgIpc) is 2.84. The summed E-state index contributed by atoms with van der Waals surface area (Å²) in [5.74, 6) is 4.65. The predicted octanol–water partition coefficient (Wildman–Crippen LogP) is 10.4. The minimum absolute atomic E-state index is 0.0526. The van der Waals surface area contributed by atoms with Crippen LogP contribution in [0.3, 0.4) is 0 Å². The highest BCUT2D eigenvalue weighted by molar-refractivity contribution is 5.54. The van der Waals surface area contributed by atoms with E-state index in [1.165, 1.54) is 73.6 Å². The average molecular weight is 507 g/mol. The topological polar surface area (TPSA) is 18.5 Å². The second kappa shape index (κ2) is 14.3. The van der Waals surface area contributed by atoms with E-state index in [9.17, 15) is 0 Å². The number of rotatable bonds is 15. The highest BCUT2D eigenvalue weighted by Gasteiger charge is 2.33. The fourth-order valence-corrected chi connectivity index (χ4v) is 6.00. The van der Waals surface area contributed by atoms with Gasteiger partial charge in [-0.05, 0) is 87.0 Å². The molecule has 1 aliphatic heterocycles. The lowest BCUT2D eigenvalue weighted by Gasteiger charge is -2.37. The number of ether oxygens (including phenoxy) is 2. The molecule has 0 amide bonds. The summed E-state index contributed by atoms with van der Waals surface area (Å²) in [6.45, 7) is 16.9. The Morgan fingerprint density at radius 2 is 1.49 bits per heavy atom. The first-order valence-electron chi connectivity index (χ1n) is 15.2. The molecule has 0 bridgehead atoms. The van der Waals surface area contributed by atoms with Crippen molar-refractivity contribution in [1.82, 2.24) is 0 Å². The number of hydrogen-bond donors (Lipinski definition) is 0. The summed E-state index contributed by atoms with van der Waals surface area (Å²) in [6, 6.07) is 12.6. The van der Waals surface area contributed by atoms with Crippen molar-refractivity contribution in [3.8, 4) is 11.5 Å². The highest BCUT2D eigenvalue weighted by Crippen LogP contribution is 2.42. The number of aryl methyl sites for hydroxylation is 1. The number of fused-ring (bicyclic) bond motifs is 1. The van der Waals surface area contributed by atoms with E-state index in [0.717, 1.165) is 48.5 Å². The molecule has 2 aromatic rings. The van der Waals surface area contributed by atoms with Gasteiger partial charge in [-0.15, -0.1) is 0 Å². The normalized spacial score (nSPS) is 18.8. The van der Waals surface area contributed by atoms with Gasteiger partial charge in [0.15, 0.2) is 0 Å². The second-order valence-electron chi connectivity index (χ2n) is 12.8. The zero-order valence-corrected chi connectivity index (χ0v) is 25.0. The molecule has 0 N–H and O–H groups in total. The van der Waals surface area contributed by atoms with Crippen molar-refractivity contribution >= 4 is 0 Å². The SMILES string of the molecule is Cc1cc2c(c(C)c1OCc1ccccc1)CCC(C)(CCCC(C)CCCC(C)CCCC(C)C)O2.